The van der Waals surface area contributed by atoms with Gasteiger partial charge in [-0.1, -0.05) is 25.1 Å². The summed E-state index contributed by atoms with van der Waals surface area (Å²) in [6, 6.07) is 7.69. The second-order valence-corrected chi connectivity index (χ2v) is 6.56. The van der Waals surface area contributed by atoms with Crippen LogP contribution in [0.25, 0.3) is 10.9 Å². The van der Waals surface area contributed by atoms with E-state index in [1.807, 2.05) is 38.1 Å². The number of benzene rings is 1. The van der Waals surface area contributed by atoms with E-state index in [2.05, 4.69) is 10.3 Å². The summed E-state index contributed by atoms with van der Waals surface area (Å²) in [4.78, 5) is 29.2. The molecule has 6 heteroatoms. The number of nitrogens with one attached hydrogen (secondary N) is 2. The standard InChI is InChI=1S/C18H23N3O3/c1-4-11-9-13-12-7-5-6-8-14(12)20-16(13)18(2,10-15(22)23)21(11)17(24)19-3/h5-8,11,20H,4,9-10H2,1-3H3,(H,19,24)(H,22,23). The van der Waals surface area contributed by atoms with Crippen LogP contribution in [0.1, 0.15) is 37.9 Å². The number of urea groups is 1. The Balaban J connectivity index is 2.26. The van der Waals surface area contributed by atoms with Gasteiger partial charge < -0.3 is 20.3 Å². The molecule has 2 heterocycles. The van der Waals surface area contributed by atoms with E-state index >= 15 is 0 Å². The number of aromatic amines is 1. The zero-order valence-corrected chi connectivity index (χ0v) is 14.2. The molecule has 1 aromatic heterocycles. The molecule has 0 spiro atoms. The van der Waals surface area contributed by atoms with Crippen LogP contribution in [-0.4, -0.2) is 40.1 Å². The van der Waals surface area contributed by atoms with Crippen molar-refractivity contribution in [3.05, 3.63) is 35.5 Å². The Bertz CT molecular complexity index is 798. The molecule has 2 atom stereocenters. The molecule has 0 saturated carbocycles. The van der Waals surface area contributed by atoms with Crippen molar-refractivity contribution in [3.63, 3.8) is 0 Å². The van der Waals surface area contributed by atoms with E-state index in [0.29, 0.717) is 0 Å². The van der Waals surface area contributed by atoms with Gasteiger partial charge in [0.1, 0.15) is 0 Å². The van der Waals surface area contributed by atoms with Crippen LogP contribution in [0, 0.1) is 0 Å². The number of hydrogen-bond donors (Lipinski definition) is 3. The van der Waals surface area contributed by atoms with E-state index in [4.69, 9.17) is 0 Å². The molecule has 0 radical (unpaired) electrons. The monoisotopic (exact) mass is 329 g/mol. The van der Waals surface area contributed by atoms with E-state index in [1.165, 1.54) is 0 Å². The molecule has 0 fully saturated rings. The molecular formula is C18H23N3O3. The minimum absolute atomic E-state index is 0.0407. The molecule has 1 aliphatic heterocycles. The lowest BCUT2D eigenvalue weighted by atomic mass is 9.80. The average molecular weight is 329 g/mol. The fourth-order valence-electron chi connectivity index (χ4n) is 4.03. The molecule has 6 nitrogen and oxygen atoms in total. The fourth-order valence-corrected chi connectivity index (χ4v) is 4.03. The number of hydrogen-bond acceptors (Lipinski definition) is 2. The smallest absolute Gasteiger partial charge is 0.318 e. The first-order valence-corrected chi connectivity index (χ1v) is 8.25. The van der Waals surface area contributed by atoms with Crippen molar-refractivity contribution in [2.75, 3.05) is 7.05 Å². The Hall–Kier alpha value is -2.50. The second kappa shape index (κ2) is 5.85. The van der Waals surface area contributed by atoms with Crippen molar-refractivity contribution in [1.82, 2.24) is 15.2 Å². The molecule has 2 aromatic rings. The number of carboxylic acid groups (broad SMARTS) is 1. The third-order valence-electron chi connectivity index (χ3n) is 5.09. The fraction of sp³-hybridized carbons (Fsp3) is 0.444. The lowest BCUT2D eigenvalue weighted by molar-refractivity contribution is -0.140. The van der Waals surface area contributed by atoms with E-state index in [0.717, 1.165) is 35.0 Å². The van der Waals surface area contributed by atoms with E-state index in [9.17, 15) is 14.7 Å². The maximum absolute atomic E-state index is 12.6. The zero-order valence-electron chi connectivity index (χ0n) is 14.2. The van der Waals surface area contributed by atoms with Gasteiger partial charge in [0.05, 0.1) is 12.0 Å². The number of nitrogens with zero attached hydrogens (tertiary/aromatic N) is 1. The maximum atomic E-state index is 12.6. The summed E-state index contributed by atoms with van der Waals surface area (Å²) in [6.07, 6.45) is 1.34. The highest BCUT2D eigenvalue weighted by molar-refractivity contribution is 5.87. The van der Waals surface area contributed by atoms with Gasteiger partial charge in [-0.2, -0.15) is 0 Å². The molecule has 0 saturated heterocycles. The van der Waals surface area contributed by atoms with Gasteiger partial charge in [0, 0.05) is 29.7 Å². The van der Waals surface area contributed by atoms with E-state index in [1.54, 1.807) is 11.9 Å². The van der Waals surface area contributed by atoms with Crippen LogP contribution in [0.2, 0.25) is 0 Å². The molecule has 1 aromatic carbocycles. The van der Waals surface area contributed by atoms with Crippen LogP contribution in [-0.2, 0) is 16.8 Å². The van der Waals surface area contributed by atoms with Gasteiger partial charge in [0.25, 0.3) is 0 Å². The summed E-state index contributed by atoms with van der Waals surface area (Å²) in [5.41, 5.74) is 2.02. The van der Waals surface area contributed by atoms with Crippen molar-refractivity contribution < 1.29 is 14.7 Å². The number of H-pyrrole nitrogens is 1. The zero-order chi connectivity index (χ0) is 17.5. The average Bonchev–Trinajstić information content (AvgIpc) is 2.93. The molecule has 0 bridgehead atoms. The maximum Gasteiger partial charge on any atom is 0.318 e. The Morgan fingerprint density at radius 1 is 1.42 bits per heavy atom. The lowest BCUT2D eigenvalue weighted by Gasteiger charge is -2.48. The Labute approximate surface area is 140 Å². The highest BCUT2D eigenvalue weighted by Gasteiger charge is 2.48. The highest BCUT2D eigenvalue weighted by Crippen LogP contribution is 2.43. The van der Waals surface area contributed by atoms with Gasteiger partial charge in [-0.3, -0.25) is 4.79 Å². The van der Waals surface area contributed by atoms with Crippen LogP contribution in [0.15, 0.2) is 24.3 Å². The van der Waals surface area contributed by atoms with Gasteiger partial charge in [0.15, 0.2) is 0 Å². The molecular weight excluding hydrogens is 306 g/mol. The van der Waals surface area contributed by atoms with Gasteiger partial charge >= 0.3 is 12.0 Å². The summed E-state index contributed by atoms with van der Waals surface area (Å²) in [5, 5.41) is 13.3. The largest absolute Gasteiger partial charge is 0.481 e. The van der Waals surface area contributed by atoms with Crippen LogP contribution in [0.4, 0.5) is 4.79 Å². The van der Waals surface area contributed by atoms with Gasteiger partial charge in [-0.15, -0.1) is 0 Å². The number of para-hydroxylation sites is 1. The van der Waals surface area contributed by atoms with Gasteiger partial charge in [0.2, 0.25) is 0 Å². The number of aromatic nitrogens is 1. The van der Waals surface area contributed by atoms with Crippen molar-refractivity contribution >= 4 is 22.9 Å². The summed E-state index contributed by atoms with van der Waals surface area (Å²) >= 11 is 0. The summed E-state index contributed by atoms with van der Waals surface area (Å²) in [5.74, 6) is -0.923. The molecule has 128 valence electrons. The summed E-state index contributed by atoms with van der Waals surface area (Å²) in [7, 11) is 1.58. The highest BCUT2D eigenvalue weighted by atomic mass is 16.4. The lowest BCUT2D eigenvalue weighted by Crippen LogP contribution is -2.59. The molecule has 2 amide bonds. The molecule has 24 heavy (non-hydrogen) atoms. The second-order valence-electron chi connectivity index (χ2n) is 6.56. The topological polar surface area (TPSA) is 85.4 Å². The molecule has 1 aliphatic rings. The van der Waals surface area contributed by atoms with Crippen LogP contribution < -0.4 is 5.32 Å². The van der Waals surface area contributed by atoms with Crippen molar-refractivity contribution in [3.8, 4) is 0 Å². The van der Waals surface area contributed by atoms with Crippen LogP contribution in [0.3, 0.4) is 0 Å². The normalized spacial score (nSPS) is 23.1. The molecule has 0 aliphatic carbocycles. The number of fused-ring (bicyclic) bond motifs is 3. The van der Waals surface area contributed by atoms with Gasteiger partial charge in [-0.25, -0.2) is 4.79 Å². The van der Waals surface area contributed by atoms with Gasteiger partial charge in [-0.05, 0) is 31.4 Å². The number of amides is 2. The Morgan fingerprint density at radius 2 is 2.12 bits per heavy atom. The molecule has 2 unspecified atom stereocenters. The first kappa shape index (κ1) is 16.4. The predicted molar refractivity (Wildman–Crippen MR) is 92.0 cm³/mol. The summed E-state index contributed by atoms with van der Waals surface area (Å²) < 4.78 is 0. The number of aliphatic carboxylic acids is 1. The van der Waals surface area contributed by atoms with E-state index < -0.39 is 11.5 Å². The van der Waals surface area contributed by atoms with E-state index in [-0.39, 0.29) is 18.5 Å². The predicted octanol–water partition coefficient (Wildman–Crippen LogP) is 2.83. The number of carboxylic acids is 1. The quantitative estimate of drug-likeness (QED) is 0.809. The first-order valence-electron chi connectivity index (χ1n) is 8.25. The number of carbonyl (C=O) groups is 2. The molecule has 3 rings (SSSR count). The minimum Gasteiger partial charge on any atom is -0.481 e. The van der Waals surface area contributed by atoms with Crippen molar-refractivity contribution in [2.45, 2.75) is 44.7 Å². The van der Waals surface area contributed by atoms with Crippen molar-refractivity contribution in [1.29, 1.82) is 0 Å². The Morgan fingerprint density at radius 3 is 2.75 bits per heavy atom. The van der Waals surface area contributed by atoms with Crippen molar-refractivity contribution in [2.24, 2.45) is 0 Å². The number of carbonyl (C=O) groups excluding carboxylic acids is 1. The van der Waals surface area contributed by atoms with Crippen LogP contribution >= 0.6 is 0 Å². The Kier molecular flexibility index (Phi) is 3.99. The third kappa shape index (κ3) is 2.33. The summed E-state index contributed by atoms with van der Waals surface area (Å²) in [6.45, 7) is 3.87. The SMILES string of the molecule is CCC1Cc2c([nH]c3ccccc23)C(C)(CC(=O)O)N1C(=O)NC. The molecule has 3 N–H and O–H groups in total. The first-order chi connectivity index (χ1) is 11.4. The third-order valence-corrected chi connectivity index (χ3v) is 5.09. The number of rotatable bonds is 3. The minimum atomic E-state index is -0.923. The van der Waals surface area contributed by atoms with Crippen LogP contribution in [0.5, 0.6) is 0 Å².